The fourth-order valence-electron chi connectivity index (χ4n) is 2.34. The molecular formula is C22H17+. The fraction of sp³-hybridized carbons (Fsp3) is 0. The van der Waals surface area contributed by atoms with Crippen molar-refractivity contribution in [3.05, 3.63) is 114 Å². The Labute approximate surface area is 132 Å². The van der Waals surface area contributed by atoms with Gasteiger partial charge in [-0.1, -0.05) is 42.5 Å². The van der Waals surface area contributed by atoms with Gasteiger partial charge in [0, 0.05) is 47.4 Å². The van der Waals surface area contributed by atoms with Crippen molar-refractivity contribution in [2.75, 3.05) is 0 Å². The number of hydrogen-bond donors (Lipinski definition) is 0. The Morgan fingerprint density at radius 1 is 0.864 bits per heavy atom. The van der Waals surface area contributed by atoms with Gasteiger partial charge in [-0.15, -0.1) is 5.73 Å². The normalized spacial score (nSPS) is 13.9. The monoisotopic (exact) mass is 281 g/mol. The van der Waals surface area contributed by atoms with Crippen LogP contribution >= 0.6 is 0 Å². The summed E-state index contributed by atoms with van der Waals surface area (Å²) in [6.45, 7) is 0. The Balaban J connectivity index is 1.56. The van der Waals surface area contributed by atoms with Crippen LogP contribution in [-0.2, 0) is 0 Å². The van der Waals surface area contributed by atoms with Crippen molar-refractivity contribution in [1.82, 2.24) is 0 Å². The van der Waals surface area contributed by atoms with E-state index < -0.39 is 0 Å². The summed E-state index contributed by atoms with van der Waals surface area (Å²) >= 11 is 0. The summed E-state index contributed by atoms with van der Waals surface area (Å²) < 4.78 is 0. The fourth-order valence-corrected chi connectivity index (χ4v) is 2.34. The largest absolute Gasteiger partial charge is 0.113 e. The molecule has 0 fully saturated rings. The van der Waals surface area contributed by atoms with Gasteiger partial charge in [0.15, 0.2) is 0 Å². The molecule has 0 N–H and O–H groups in total. The highest BCUT2D eigenvalue weighted by Crippen LogP contribution is 2.27. The molecule has 0 unspecified atom stereocenters. The standard InChI is InChI=1S/C22H17/c1(2-5-11-19-12-9-10-13-19)3-6-14-20-17-18-21-15-7-4-8-16-22(20)21/h1-12,14-18H/q+1/b2-1+,11-5+,14-6+. The van der Waals surface area contributed by atoms with Gasteiger partial charge in [0.25, 0.3) is 0 Å². The lowest BCUT2D eigenvalue weighted by Crippen LogP contribution is -1.70. The van der Waals surface area contributed by atoms with E-state index in [1.807, 2.05) is 49.0 Å². The minimum absolute atomic E-state index is 1.11. The Bertz CT molecular complexity index is 790. The van der Waals surface area contributed by atoms with Crippen LogP contribution in [-0.4, -0.2) is 0 Å². The summed E-state index contributed by atoms with van der Waals surface area (Å²) in [5, 5.41) is 0. The second kappa shape index (κ2) is 7.17. The van der Waals surface area contributed by atoms with Gasteiger partial charge in [-0.05, 0) is 35.9 Å². The van der Waals surface area contributed by atoms with Crippen molar-refractivity contribution in [1.29, 1.82) is 0 Å². The minimum Gasteiger partial charge on any atom is -0.113 e. The Morgan fingerprint density at radius 2 is 1.82 bits per heavy atom. The highest BCUT2D eigenvalue weighted by molar-refractivity contribution is 5.78. The third kappa shape index (κ3) is 3.58. The molecule has 0 radical (unpaired) electrons. The third-order valence-corrected chi connectivity index (χ3v) is 3.44. The summed E-state index contributed by atoms with van der Waals surface area (Å²) in [6, 6.07) is 14.8. The van der Waals surface area contributed by atoms with Crippen LogP contribution in [0.25, 0.3) is 17.2 Å². The van der Waals surface area contributed by atoms with Gasteiger partial charge in [-0.3, -0.25) is 0 Å². The molecule has 0 nitrogen and oxygen atoms in total. The molecule has 22 heavy (non-hydrogen) atoms. The Hall–Kier alpha value is -2.95. The predicted octanol–water partition coefficient (Wildman–Crippen LogP) is 5.77. The zero-order valence-corrected chi connectivity index (χ0v) is 12.3. The van der Waals surface area contributed by atoms with Gasteiger partial charge in [0.2, 0.25) is 0 Å². The van der Waals surface area contributed by atoms with Crippen molar-refractivity contribution < 1.29 is 0 Å². The van der Waals surface area contributed by atoms with E-state index in [1.54, 1.807) is 0 Å². The van der Waals surface area contributed by atoms with Crippen molar-refractivity contribution in [3.8, 4) is 11.1 Å². The molecule has 0 saturated heterocycles. The first-order chi connectivity index (χ1) is 10.9. The highest BCUT2D eigenvalue weighted by atomic mass is 14.1. The molecule has 0 saturated carbocycles. The number of fused-ring (bicyclic) bond motifs is 1. The maximum absolute atomic E-state index is 3.13. The summed E-state index contributed by atoms with van der Waals surface area (Å²) in [5.74, 6) is 0. The lowest BCUT2D eigenvalue weighted by molar-refractivity contribution is 1.71. The molecular weight excluding hydrogens is 264 g/mol. The lowest BCUT2D eigenvalue weighted by Gasteiger charge is -1.91. The van der Waals surface area contributed by atoms with Gasteiger partial charge in [0.1, 0.15) is 0 Å². The van der Waals surface area contributed by atoms with Gasteiger partial charge in [0.05, 0.1) is 0 Å². The van der Waals surface area contributed by atoms with Crippen LogP contribution in [0.4, 0.5) is 0 Å². The van der Waals surface area contributed by atoms with E-state index in [0.29, 0.717) is 0 Å². The number of allylic oxidation sites excluding steroid dienone is 8. The first-order valence-corrected chi connectivity index (χ1v) is 7.39. The van der Waals surface area contributed by atoms with Crippen LogP contribution in [0.5, 0.6) is 0 Å². The maximum atomic E-state index is 3.13. The summed E-state index contributed by atoms with van der Waals surface area (Å²) in [7, 11) is 0. The molecule has 0 amide bonds. The molecule has 0 heteroatoms. The van der Waals surface area contributed by atoms with Crippen LogP contribution < -0.4 is 0 Å². The van der Waals surface area contributed by atoms with E-state index >= 15 is 0 Å². The highest BCUT2D eigenvalue weighted by Gasteiger charge is 2.06. The van der Waals surface area contributed by atoms with E-state index in [-0.39, 0.29) is 0 Å². The summed E-state index contributed by atoms with van der Waals surface area (Å²) in [4.78, 5) is 0. The van der Waals surface area contributed by atoms with E-state index in [1.165, 1.54) is 16.7 Å². The molecule has 0 atom stereocenters. The van der Waals surface area contributed by atoms with Crippen LogP contribution in [0.1, 0.15) is 5.56 Å². The summed E-state index contributed by atoms with van der Waals surface area (Å²) in [6.07, 6.45) is 20.3. The topological polar surface area (TPSA) is 0 Å². The molecule has 3 rings (SSSR count). The summed E-state index contributed by atoms with van der Waals surface area (Å²) in [5.41, 5.74) is 8.04. The zero-order chi connectivity index (χ0) is 15.0. The first-order valence-electron chi connectivity index (χ1n) is 7.39. The average molecular weight is 281 g/mol. The van der Waals surface area contributed by atoms with Gasteiger partial charge in [-0.2, -0.15) is 0 Å². The van der Waals surface area contributed by atoms with Crippen molar-refractivity contribution in [2.24, 2.45) is 0 Å². The third-order valence-electron chi connectivity index (χ3n) is 3.44. The molecule has 3 aliphatic rings. The van der Waals surface area contributed by atoms with E-state index in [4.69, 9.17) is 0 Å². The molecule has 0 aliphatic heterocycles. The smallest absolute Gasteiger partial charge is 0.0473 e. The average Bonchev–Trinajstić information content (AvgIpc) is 3.11. The quantitative estimate of drug-likeness (QED) is 0.370. The molecule has 0 spiro atoms. The second-order valence-corrected chi connectivity index (χ2v) is 4.99. The van der Waals surface area contributed by atoms with Crippen molar-refractivity contribution in [2.45, 2.75) is 0 Å². The SMILES string of the molecule is C1=CC=CC=1/C=C/C=C/[CH+]/C=C/c1ccc2cccccc1-2. The second-order valence-electron chi connectivity index (χ2n) is 4.99. The molecule has 0 aromatic heterocycles. The molecule has 0 heterocycles. The van der Waals surface area contributed by atoms with Crippen LogP contribution in [0.3, 0.4) is 0 Å². The lowest BCUT2D eigenvalue weighted by atomic mass is 10.1. The first kappa shape index (κ1) is 14.0. The van der Waals surface area contributed by atoms with Gasteiger partial charge >= 0.3 is 0 Å². The van der Waals surface area contributed by atoms with Crippen LogP contribution in [0.15, 0.2) is 102 Å². The van der Waals surface area contributed by atoms with Crippen LogP contribution in [0.2, 0.25) is 0 Å². The van der Waals surface area contributed by atoms with Crippen molar-refractivity contribution in [3.63, 3.8) is 0 Å². The molecule has 0 aromatic rings. The maximum Gasteiger partial charge on any atom is 0.0473 e. The number of hydrogen-bond acceptors (Lipinski definition) is 0. The van der Waals surface area contributed by atoms with Gasteiger partial charge in [-0.25, -0.2) is 0 Å². The predicted molar refractivity (Wildman–Crippen MR) is 95.4 cm³/mol. The molecule has 0 bridgehead atoms. The van der Waals surface area contributed by atoms with Gasteiger partial charge < -0.3 is 0 Å². The molecule has 3 aliphatic carbocycles. The molecule has 0 aromatic carbocycles. The zero-order valence-electron chi connectivity index (χ0n) is 12.3. The van der Waals surface area contributed by atoms with Crippen molar-refractivity contribution >= 4 is 6.08 Å². The Morgan fingerprint density at radius 3 is 2.73 bits per heavy atom. The number of rotatable bonds is 5. The van der Waals surface area contributed by atoms with Crippen LogP contribution in [0, 0.1) is 6.42 Å². The van der Waals surface area contributed by atoms with E-state index in [0.717, 1.165) is 5.57 Å². The van der Waals surface area contributed by atoms with E-state index in [9.17, 15) is 0 Å². The molecule has 104 valence electrons. The Kier molecular flexibility index (Phi) is 4.57. The minimum atomic E-state index is 1.11. The van der Waals surface area contributed by atoms with E-state index in [2.05, 4.69) is 60.3 Å².